The standard InChI is InChI=1S/C10H9N3O/c1-6(9(4-11)5-12)10-7(2)13-8(3)14-10/h1-3H3. The zero-order valence-electron chi connectivity index (χ0n) is 8.25. The number of nitriles is 2. The summed E-state index contributed by atoms with van der Waals surface area (Å²) >= 11 is 0. The van der Waals surface area contributed by atoms with Gasteiger partial charge in [-0.15, -0.1) is 0 Å². The molecule has 0 spiro atoms. The van der Waals surface area contributed by atoms with Crippen molar-refractivity contribution in [3.8, 4) is 12.1 Å². The van der Waals surface area contributed by atoms with Crippen LogP contribution in [0.3, 0.4) is 0 Å². The van der Waals surface area contributed by atoms with Crippen molar-refractivity contribution in [3.63, 3.8) is 0 Å². The van der Waals surface area contributed by atoms with Crippen molar-refractivity contribution in [1.82, 2.24) is 4.98 Å². The third kappa shape index (κ3) is 1.65. The Morgan fingerprint density at radius 3 is 2.21 bits per heavy atom. The molecule has 0 unspecified atom stereocenters. The van der Waals surface area contributed by atoms with E-state index in [2.05, 4.69) is 4.98 Å². The van der Waals surface area contributed by atoms with Crippen LogP contribution < -0.4 is 0 Å². The van der Waals surface area contributed by atoms with Crippen molar-refractivity contribution in [2.24, 2.45) is 0 Å². The summed E-state index contributed by atoms with van der Waals surface area (Å²) in [5.74, 6) is 1.05. The first-order chi connectivity index (χ1) is 6.60. The molecule has 0 bridgehead atoms. The van der Waals surface area contributed by atoms with Crippen molar-refractivity contribution < 1.29 is 4.42 Å². The Morgan fingerprint density at radius 2 is 1.86 bits per heavy atom. The van der Waals surface area contributed by atoms with Crippen LogP contribution in [-0.4, -0.2) is 4.98 Å². The lowest BCUT2D eigenvalue weighted by atomic mass is 10.1. The van der Waals surface area contributed by atoms with Gasteiger partial charge in [-0.1, -0.05) is 0 Å². The van der Waals surface area contributed by atoms with Crippen molar-refractivity contribution in [2.75, 3.05) is 0 Å². The van der Waals surface area contributed by atoms with Gasteiger partial charge in [0.05, 0.1) is 5.69 Å². The molecule has 1 aromatic heterocycles. The van der Waals surface area contributed by atoms with E-state index in [1.807, 2.05) is 12.1 Å². The van der Waals surface area contributed by atoms with Crippen LogP contribution in [0.5, 0.6) is 0 Å². The highest BCUT2D eigenvalue weighted by Crippen LogP contribution is 2.22. The van der Waals surface area contributed by atoms with E-state index in [4.69, 9.17) is 14.9 Å². The van der Waals surface area contributed by atoms with E-state index < -0.39 is 0 Å². The molecule has 4 nitrogen and oxygen atoms in total. The molecule has 14 heavy (non-hydrogen) atoms. The predicted molar refractivity (Wildman–Crippen MR) is 49.8 cm³/mol. The van der Waals surface area contributed by atoms with Crippen LogP contribution >= 0.6 is 0 Å². The normalized spacial score (nSPS) is 8.93. The fraction of sp³-hybridized carbons (Fsp3) is 0.300. The molecule has 0 fully saturated rings. The minimum atomic E-state index is 0.0595. The van der Waals surface area contributed by atoms with Crippen molar-refractivity contribution >= 4 is 5.57 Å². The SMILES string of the molecule is CC(=C(C#N)C#N)c1oc(C)nc1C. The summed E-state index contributed by atoms with van der Waals surface area (Å²) < 4.78 is 5.29. The van der Waals surface area contributed by atoms with Gasteiger partial charge in [-0.05, 0) is 13.8 Å². The molecule has 0 radical (unpaired) electrons. The van der Waals surface area contributed by atoms with Gasteiger partial charge in [0.25, 0.3) is 0 Å². The second-order valence-electron chi connectivity index (χ2n) is 2.87. The molecular formula is C10H9N3O. The zero-order valence-corrected chi connectivity index (χ0v) is 8.25. The first-order valence-electron chi connectivity index (χ1n) is 4.05. The molecule has 1 heterocycles. The molecule has 1 aromatic rings. The first-order valence-corrected chi connectivity index (χ1v) is 4.05. The largest absolute Gasteiger partial charge is 0.441 e. The zero-order chi connectivity index (χ0) is 10.7. The highest BCUT2D eigenvalue weighted by molar-refractivity contribution is 5.71. The van der Waals surface area contributed by atoms with Crippen LogP contribution in [0, 0.1) is 36.5 Å². The van der Waals surface area contributed by atoms with Gasteiger partial charge in [0.1, 0.15) is 17.7 Å². The van der Waals surface area contributed by atoms with E-state index in [0.717, 1.165) is 0 Å². The summed E-state index contributed by atoms with van der Waals surface area (Å²) in [5, 5.41) is 17.3. The van der Waals surface area contributed by atoms with Gasteiger partial charge in [0.2, 0.25) is 0 Å². The average Bonchev–Trinajstić information content (AvgIpc) is 2.47. The maximum atomic E-state index is 8.66. The third-order valence-corrected chi connectivity index (χ3v) is 1.84. The predicted octanol–water partition coefficient (Wildman–Crippen LogP) is 2.11. The van der Waals surface area contributed by atoms with E-state index >= 15 is 0 Å². The number of allylic oxidation sites excluding steroid dienone is 2. The van der Waals surface area contributed by atoms with Gasteiger partial charge in [-0.25, -0.2) is 4.98 Å². The molecule has 70 valence electrons. The number of nitrogens with zero attached hydrogens (tertiary/aromatic N) is 3. The fourth-order valence-electron chi connectivity index (χ4n) is 1.19. The fourth-order valence-corrected chi connectivity index (χ4v) is 1.19. The van der Waals surface area contributed by atoms with E-state index in [1.54, 1.807) is 20.8 Å². The summed E-state index contributed by atoms with van der Waals surface area (Å²) in [7, 11) is 0. The second kappa shape index (κ2) is 3.76. The molecule has 0 aliphatic carbocycles. The molecule has 0 aliphatic heterocycles. The van der Waals surface area contributed by atoms with E-state index in [1.165, 1.54) is 0 Å². The number of hydrogen-bond acceptors (Lipinski definition) is 4. The Labute approximate surface area is 82.1 Å². The minimum absolute atomic E-state index is 0.0595. The first kappa shape index (κ1) is 10.0. The van der Waals surface area contributed by atoms with Crippen molar-refractivity contribution in [1.29, 1.82) is 10.5 Å². The van der Waals surface area contributed by atoms with Crippen LogP contribution in [-0.2, 0) is 0 Å². The number of aryl methyl sites for hydroxylation is 2. The van der Waals surface area contributed by atoms with Gasteiger partial charge < -0.3 is 4.42 Å². The van der Waals surface area contributed by atoms with Crippen LogP contribution in [0.25, 0.3) is 5.57 Å². The monoisotopic (exact) mass is 187 g/mol. The molecule has 1 rings (SSSR count). The maximum Gasteiger partial charge on any atom is 0.192 e. The summed E-state index contributed by atoms with van der Waals surface area (Å²) in [6.45, 7) is 5.18. The van der Waals surface area contributed by atoms with Gasteiger partial charge >= 0.3 is 0 Å². The molecule has 4 heteroatoms. The van der Waals surface area contributed by atoms with E-state index in [-0.39, 0.29) is 5.57 Å². The Hall–Kier alpha value is -2.07. The molecule has 0 atom stereocenters. The van der Waals surface area contributed by atoms with Gasteiger partial charge in [-0.3, -0.25) is 0 Å². The summed E-state index contributed by atoms with van der Waals surface area (Å²) in [5.41, 5.74) is 1.29. The number of hydrogen-bond donors (Lipinski definition) is 0. The molecular weight excluding hydrogens is 178 g/mol. The molecule has 0 aliphatic rings. The summed E-state index contributed by atoms with van der Waals surface area (Å²) in [4.78, 5) is 4.06. The maximum absolute atomic E-state index is 8.66. The lowest BCUT2D eigenvalue weighted by molar-refractivity contribution is 0.509. The Morgan fingerprint density at radius 1 is 1.29 bits per heavy atom. The second-order valence-corrected chi connectivity index (χ2v) is 2.87. The Bertz CT molecular complexity index is 453. The van der Waals surface area contributed by atoms with Gasteiger partial charge in [-0.2, -0.15) is 10.5 Å². The lowest BCUT2D eigenvalue weighted by Gasteiger charge is -1.95. The Kier molecular flexibility index (Phi) is 2.69. The van der Waals surface area contributed by atoms with Crippen LogP contribution in [0.4, 0.5) is 0 Å². The quantitative estimate of drug-likeness (QED) is 0.631. The van der Waals surface area contributed by atoms with Crippen LogP contribution in [0.2, 0.25) is 0 Å². The number of rotatable bonds is 1. The van der Waals surface area contributed by atoms with Crippen LogP contribution in [0.15, 0.2) is 9.99 Å². The van der Waals surface area contributed by atoms with Crippen LogP contribution in [0.1, 0.15) is 24.3 Å². The highest BCUT2D eigenvalue weighted by Gasteiger charge is 2.12. The third-order valence-electron chi connectivity index (χ3n) is 1.84. The van der Waals surface area contributed by atoms with Gasteiger partial charge in [0.15, 0.2) is 11.7 Å². The lowest BCUT2D eigenvalue weighted by Crippen LogP contribution is -1.85. The molecule has 0 N–H and O–H groups in total. The molecule has 0 saturated heterocycles. The smallest absolute Gasteiger partial charge is 0.192 e. The van der Waals surface area contributed by atoms with E-state index in [9.17, 15) is 0 Å². The summed E-state index contributed by atoms with van der Waals surface area (Å²) in [6.07, 6.45) is 0. The topological polar surface area (TPSA) is 73.6 Å². The van der Waals surface area contributed by atoms with Gasteiger partial charge in [0, 0.05) is 12.5 Å². The molecule has 0 amide bonds. The number of oxazole rings is 1. The number of aromatic nitrogens is 1. The van der Waals surface area contributed by atoms with Crippen molar-refractivity contribution in [3.05, 3.63) is 22.9 Å². The Balaban J connectivity index is 3.33. The van der Waals surface area contributed by atoms with Crippen molar-refractivity contribution in [2.45, 2.75) is 20.8 Å². The average molecular weight is 187 g/mol. The van der Waals surface area contributed by atoms with E-state index in [0.29, 0.717) is 22.9 Å². The highest BCUT2D eigenvalue weighted by atomic mass is 16.4. The summed E-state index contributed by atoms with van der Waals surface area (Å²) in [6, 6.07) is 3.63. The minimum Gasteiger partial charge on any atom is -0.441 e. The molecule has 0 aromatic carbocycles. The molecule has 0 saturated carbocycles.